The molecule has 0 aliphatic heterocycles. The van der Waals surface area contributed by atoms with E-state index in [0.717, 1.165) is 12.0 Å². The van der Waals surface area contributed by atoms with Gasteiger partial charge < -0.3 is 11.1 Å². The van der Waals surface area contributed by atoms with E-state index < -0.39 is 5.82 Å². The minimum Gasteiger partial charge on any atom is -0.363 e. The third-order valence-corrected chi connectivity index (χ3v) is 2.91. The highest BCUT2D eigenvalue weighted by atomic mass is 19.1. The molecule has 2 rings (SSSR count). The largest absolute Gasteiger partial charge is 0.363 e. The molecular formula is C14H17FN4. The summed E-state index contributed by atoms with van der Waals surface area (Å²) in [5.74, 6) is -0.215. The molecule has 0 spiro atoms. The lowest BCUT2D eigenvalue weighted by Crippen LogP contribution is -2.32. The van der Waals surface area contributed by atoms with Crippen molar-refractivity contribution in [1.29, 1.82) is 0 Å². The van der Waals surface area contributed by atoms with Crippen LogP contribution in [-0.4, -0.2) is 22.6 Å². The van der Waals surface area contributed by atoms with Gasteiger partial charge >= 0.3 is 0 Å². The summed E-state index contributed by atoms with van der Waals surface area (Å²) < 4.78 is 13.8. The fourth-order valence-corrected chi connectivity index (χ4v) is 1.84. The van der Waals surface area contributed by atoms with Crippen molar-refractivity contribution < 1.29 is 4.39 Å². The molecule has 0 saturated carbocycles. The average molecular weight is 260 g/mol. The van der Waals surface area contributed by atoms with Gasteiger partial charge in [0.2, 0.25) is 0 Å². The summed E-state index contributed by atoms with van der Waals surface area (Å²) in [6, 6.07) is 9.88. The van der Waals surface area contributed by atoms with E-state index in [1.165, 1.54) is 6.33 Å². The zero-order valence-corrected chi connectivity index (χ0v) is 10.8. The molecular weight excluding hydrogens is 243 g/mol. The number of anilines is 1. The molecule has 1 heterocycles. The van der Waals surface area contributed by atoms with Gasteiger partial charge in [-0.15, -0.1) is 0 Å². The van der Waals surface area contributed by atoms with E-state index in [2.05, 4.69) is 15.3 Å². The molecule has 0 bridgehead atoms. The van der Waals surface area contributed by atoms with Crippen LogP contribution in [0.15, 0.2) is 36.7 Å². The molecule has 0 radical (unpaired) electrons. The van der Waals surface area contributed by atoms with Crippen molar-refractivity contribution in [2.75, 3.05) is 11.9 Å². The Balaban J connectivity index is 2.09. The third-order valence-electron chi connectivity index (χ3n) is 2.91. The zero-order chi connectivity index (χ0) is 13.7. The fourth-order valence-electron chi connectivity index (χ4n) is 1.84. The number of rotatable bonds is 5. The van der Waals surface area contributed by atoms with E-state index in [1.54, 1.807) is 6.92 Å². The second-order valence-electron chi connectivity index (χ2n) is 4.39. The van der Waals surface area contributed by atoms with Gasteiger partial charge in [-0.05, 0) is 18.9 Å². The summed E-state index contributed by atoms with van der Waals surface area (Å²) in [5, 5.41) is 3.04. The van der Waals surface area contributed by atoms with Crippen molar-refractivity contribution in [3.63, 3.8) is 0 Å². The van der Waals surface area contributed by atoms with Crippen LogP contribution in [0.1, 0.15) is 11.3 Å². The molecule has 19 heavy (non-hydrogen) atoms. The highest BCUT2D eigenvalue weighted by molar-refractivity contribution is 5.38. The van der Waals surface area contributed by atoms with Crippen LogP contribution in [0.3, 0.4) is 0 Å². The van der Waals surface area contributed by atoms with Gasteiger partial charge in [-0.2, -0.15) is 0 Å². The number of nitrogens with one attached hydrogen (secondary N) is 1. The van der Waals surface area contributed by atoms with Crippen molar-refractivity contribution >= 4 is 5.82 Å². The number of aryl methyl sites for hydroxylation is 1. The summed E-state index contributed by atoms with van der Waals surface area (Å²) in [4.78, 5) is 7.71. The maximum absolute atomic E-state index is 13.8. The van der Waals surface area contributed by atoms with Gasteiger partial charge in [0, 0.05) is 12.6 Å². The lowest BCUT2D eigenvalue weighted by Gasteiger charge is -2.18. The summed E-state index contributed by atoms with van der Waals surface area (Å²) in [6.45, 7) is 2.01. The van der Waals surface area contributed by atoms with E-state index in [4.69, 9.17) is 5.73 Å². The normalized spacial score (nSPS) is 12.2. The van der Waals surface area contributed by atoms with Crippen LogP contribution in [-0.2, 0) is 6.42 Å². The maximum Gasteiger partial charge on any atom is 0.186 e. The summed E-state index contributed by atoms with van der Waals surface area (Å²) in [5.41, 5.74) is 7.20. The predicted molar refractivity (Wildman–Crippen MR) is 73.3 cm³/mol. The van der Waals surface area contributed by atoms with Crippen molar-refractivity contribution in [2.24, 2.45) is 5.73 Å². The van der Waals surface area contributed by atoms with Crippen LogP contribution in [0.25, 0.3) is 0 Å². The highest BCUT2D eigenvalue weighted by Crippen LogP contribution is 2.14. The Morgan fingerprint density at radius 1 is 1.26 bits per heavy atom. The molecule has 0 fully saturated rings. The van der Waals surface area contributed by atoms with Crippen LogP contribution < -0.4 is 11.1 Å². The molecule has 4 nitrogen and oxygen atoms in total. The Kier molecular flexibility index (Phi) is 4.41. The number of benzene rings is 1. The van der Waals surface area contributed by atoms with E-state index in [0.29, 0.717) is 12.2 Å². The SMILES string of the molecule is Cc1ncnc(NC(CN)Cc2ccccc2)c1F. The molecule has 0 aliphatic rings. The van der Waals surface area contributed by atoms with E-state index in [1.807, 2.05) is 30.3 Å². The molecule has 1 aromatic carbocycles. The molecule has 2 aromatic rings. The standard InChI is InChI=1S/C14H17FN4/c1-10-13(15)14(18-9-17-10)19-12(8-16)7-11-5-3-2-4-6-11/h2-6,9,12H,7-8,16H2,1H3,(H,17,18,19). The van der Waals surface area contributed by atoms with Crippen molar-refractivity contribution in [2.45, 2.75) is 19.4 Å². The van der Waals surface area contributed by atoms with E-state index in [-0.39, 0.29) is 11.9 Å². The average Bonchev–Trinajstić information content (AvgIpc) is 2.44. The minimum absolute atomic E-state index is 0.0637. The molecule has 0 aliphatic carbocycles. The van der Waals surface area contributed by atoms with Gasteiger partial charge in [-0.1, -0.05) is 30.3 Å². The number of nitrogens with two attached hydrogens (primary N) is 1. The Labute approximate surface area is 111 Å². The van der Waals surface area contributed by atoms with Gasteiger partial charge in [0.1, 0.15) is 6.33 Å². The summed E-state index contributed by atoms with van der Waals surface area (Å²) >= 11 is 0. The van der Waals surface area contributed by atoms with Gasteiger partial charge in [0.25, 0.3) is 0 Å². The van der Waals surface area contributed by atoms with Crippen LogP contribution in [0.2, 0.25) is 0 Å². The van der Waals surface area contributed by atoms with Gasteiger partial charge in [-0.25, -0.2) is 14.4 Å². The van der Waals surface area contributed by atoms with Crippen molar-refractivity contribution in [3.05, 3.63) is 53.7 Å². The van der Waals surface area contributed by atoms with Crippen LogP contribution in [0.5, 0.6) is 0 Å². The lowest BCUT2D eigenvalue weighted by molar-refractivity contribution is 0.597. The second-order valence-corrected chi connectivity index (χ2v) is 4.39. The van der Waals surface area contributed by atoms with Crippen LogP contribution in [0.4, 0.5) is 10.2 Å². The smallest absolute Gasteiger partial charge is 0.186 e. The molecule has 1 aromatic heterocycles. The Morgan fingerprint density at radius 3 is 2.68 bits per heavy atom. The topological polar surface area (TPSA) is 63.8 Å². The molecule has 3 N–H and O–H groups in total. The molecule has 0 saturated heterocycles. The van der Waals surface area contributed by atoms with Crippen molar-refractivity contribution in [1.82, 2.24) is 9.97 Å². The maximum atomic E-state index is 13.8. The van der Waals surface area contributed by atoms with Crippen molar-refractivity contribution in [3.8, 4) is 0 Å². The predicted octanol–water partition coefficient (Wildman–Crippen LogP) is 1.91. The summed E-state index contributed by atoms with van der Waals surface area (Å²) in [7, 11) is 0. The third kappa shape index (κ3) is 3.48. The summed E-state index contributed by atoms with van der Waals surface area (Å²) in [6.07, 6.45) is 2.07. The van der Waals surface area contributed by atoms with Gasteiger partial charge in [-0.3, -0.25) is 0 Å². The van der Waals surface area contributed by atoms with Crippen LogP contribution in [0, 0.1) is 12.7 Å². The first-order chi connectivity index (χ1) is 9.20. The van der Waals surface area contributed by atoms with Crippen LogP contribution >= 0.6 is 0 Å². The first kappa shape index (κ1) is 13.4. The number of aromatic nitrogens is 2. The minimum atomic E-state index is -0.422. The van der Waals surface area contributed by atoms with Gasteiger partial charge in [0.05, 0.1) is 5.69 Å². The fraction of sp³-hybridized carbons (Fsp3) is 0.286. The molecule has 1 atom stereocenters. The molecule has 5 heteroatoms. The van der Waals surface area contributed by atoms with Gasteiger partial charge in [0.15, 0.2) is 11.6 Å². The first-order valence-electron chi connectivity index (χ1n) is 6.18. The quantitative estimate of drug-likeness (QED) is 0.862. The lowest BCUT2D eigenvalue weighted by atomic mass is 10.1. The number of hydrogen-bond acceptors (Lipinski definition) is 4. The second kappa shape index (κ2) is 6.24. The Bertz CT molecular complexity index is 530. The highest BCUT2D eigenvalue weighted by Gasteiger charge is 2.13. The molecule has 1 unspecified atom stereocenters. The number of nitrogens with zero attached hydrogens (tertiary/aromatic N) is 2. The first-order valence-corrected chi connectivity index (χ1v) is 6.18. The molecule has 100 valence electrons. The van der Waals surface area contributed by atoms with E-state index in [9.17, 15) is 4.39 Å². The van der Waals surface area contributed by atoms with E-state index >= 15 is 0 Å². The Hall–Kier alpha value is -2.01. The monoisotopic (exact) mass is 260 g/mol. The zero-order valence-electron chi connectivity index (χ0n) is 10.8. The Morgan fingerprint density at radius 2 is 2.00 bits per heavy atom. The number of hydrogen-bond donors (Lipinski definition) is 2. The number of halogens is 1. The molecule has 0 amide bonds.